The van der Waals surface area contributed by atoms with Crippen molar-refractivity contribution in [2.75, 3.05) is 20.3 Å². The first kappa shape index (κ1) is 15.6. The first-order valence-corrected chi connectivity index (χ1v) is 5.92. The van der Waals surface area contributed by atoms with Crippen LogP contribution < -0.4 is 5.32 Å². The zero-order valence-electron chi connectivity index (χ0n) is 10.7. The first-order chi connectivity index (χ1) is 9.12. The normalized spacial score (nSPS) is 12.2. The largest absolute Gasteiger partial charge is 0.396 e. The van der Waals surface area contributed by atoms with Crippen LogP contribution in [0.4, 0.5) is 4.39 Å². The molecule has 6 heteroatoms. The average Bonchev–Trinajstić information content (AvgIpc) is 2.40. The van der Waals surface area contributed by atoms with Crippen LogP contribution in [0.3, 0.4) is 0 Å². The molecule has 5 nitrogen and oxygen atoms in total. The van der Waals surface area contributed by atoms with E-state index in [0.717, 1.165) is 6.07 Å². The van der Waals surface area contributed by atoms with Crippen molar-refractivity contribution in [3.63, 3.8) is 0 Å². The second-order valence-electron chi connectivity index (χ2n) is 4.10. The Morgan fingerprint density at radius 3 is 2.74 bits per heavy atom. The van der Waals surface area contributed by atoms with Crippen molar-refractivity contribution in [3.8, 4) is 0 Å². The molecule has 1 atom stereocenters. The number of carbonyl (C=O) groups is 1. The molecular weight excluding hydrogens is 253 g/mol. The Kier molecular flexibility index (Phi) is 6.41. The van der Waals surface area contributed by atoms with E-state index < -0.39 is 17.8 Å². The molecule has 0 unspecified atom stereocenters. The lowest BCUT2D eigenvalue weighted by Gasteiger charge is -2.15. The number of halogens is 1. The highest BCUT2D eigenvalue weighted by molar-refractivity contribution is 5.94. The summed E-state index contributed by atoms with van der Waals surface area (Å²) < 4.78 is 18.4. The van der Waals surface area contributed by atoms with Crippen LogP contribution >= 0.6 is 0 Å². The predicted octanol–water partition coefficient (Wildman–Crippen LogP) is 0.445. The molecule has 0 heterocycles. The van der Waals surface area contributed by atoms with Gasteiger partial charge in [-0.15, -0.1) is 0 Å². The van der Waals surface area contributed by atoms with Crippen LogP contribution in [-0.4, -0.2) is 42.5 Å². The van der Waals surface area contributed by atoms with Crippen molar-refractivity contribution in [2.24, 2.45) is 0 Å². The lowest BCUT2D eigenvalue weighted by molar-refractivity contribution is 0.0904. The van der Waals surface area contributed by atoms with Gasteiger partial charge in [0.25, 0.3) is 5.91 Å². The molecule has 19 heavy (non-hydrogen) atoms. The Balaban J connectivity index is 2.74. The van der Waals surface area contributed by atoms with E-state index in [0.29, 0.717) is 5.56 Å². The fourth-order valence-electron chi connectivity index (χ4n) is 1.59. The van der Waals surface area contributed by atoms with Gasteiger partial charge < -0.3 is 20.3 Å². The lowest BCUT2D eigenvalue weighted by Crippen LogP contribution is -2.38. The summed E-state index contributed by atoms with van der Waals surface area (Å²) in [6.07, 6.45) is 0.243. The Morgan fingerprint density at radius 1 is 1.47 bits per heavy atom. The number of rotatable bonds is 7. The number of hydrogen-bond donors (Lipinski definition) is 3. The number of benzene rings is 1. The molecule has 0 spiro atoms. The molecule has 0 aliphatic carbocycles. The fourth-order valence-corrected chi connectivity index (χ4v) is 1.59. The highest BCUT2D eigenvalue weighted by Crippen LogP contribution is 2.11. The number of hydrogen-bond acceptors (Lipinski definition) is 4. The molecule has 0 aliphatic heterocycles. The maximum absolute atomic E-state index is 13.6. The fraction of sp³-hybridized carbons (Fsp3) is 0.462. The number of nitrogens with one attached hydrogen (secondary N) is 1. The van der Waals surface area contributed by atoms with Crippen LogP contribution in [0.5, 0.6) is 0 Å². The smallest absolute Gasteiger partial charge is 0.251 e. The Morgan fingerprint density at radius 2 is 2.21 bits per heavy atom. The van der Waals surface area contributed by atoms with Gasteiger partial charge in [0.15, 0.2) is 0 Å². The standard InChI is InChI=1S/C13H18FNO4/c1-19-8-10-3-2-9(6-12(10)14)13(18)15-11(7-17)4-5-16/h2-3,6,11,16-17H,4-5,7-8H2,1H3,(H,15,18)/t11-/m0/s1. The summed E-state index contributed by atoms with van der Waals surface area (Å²) in [4.78, 5) is 11.8. The van der Waals surface area contributed by atoms with Crippen molar-refractivity contribution in [1.82, 2.24) is 5.32 Å². The van der Waals surface area contributed by atoms with Crippen molar-refractivity contribution in [3.05, 3.63) is 35.1 Å². The van der Waals surface area contributed by atoms with E-state index >= 15 is 0 Å². The summed E-state index contributed by atoms with van der Waals surface area (Å²) in [5, 5.41) is 20.3. The Hall–Kier alpha value is -1.50. The third-order valence-corrected chi connectivity index (χ3v) is 2.65. The van der Waals surface area contributed by atoms with Crippen LogP contribution in [0.1, 0.15) is 22.3 Å². The Labute approximate surface area is 111 Å². The molecule has 0 bridgehead atoms. The number of carbonyl (C=O) groups excluding carboxylic acids is 1. The van der Waals surface area contributed by atoms with Crippen LogP contribution in [0, 0.1) is 5.82 Å². The third kappa shape index (κ3) is 4.59. The van der Waals surface area contributed by atoms with Crippen LogP contribution in [0.15, 0.2) is 18.2 Å². The highest BCUT2D eigenvalue weighted by Gasteiger charge is 2.14. The molecule has 1 rings (SSSR count). The molecule has 0 saturated heterocycles. The summed E-state index contributed by atoms with van der Waals surface area (Å²) >= 11 is 0. The van der Waals surface area contributed by atoms with Gasteiger partial charge in [-0.05, 0) is 18.6 Å². The van der Waals surface area contributed by atoms with Crippen molar-refractivity contribution in [1.29, 1.82) is 0 Å². The molecule has 0 aliphatic rings. The summed E-state index contributed by atoms with van der Waals surface area (Å²) in [6, 6.07) is 3.55. The van der Waals surface area contributed by atoms with Gasteiger partial charge in [-0.2, -0.15) is 0 Å². The zero-order chi connectivity index (χ0) is 14.3. The molecule has 0 aromatic heterocycles. The predicted molar refractivity (Wildman–Crippen MR) is 67.2 cm³/mol. The van der Waals surface area contributed by atoms with Crippen molar-refractivity contribution >= 4 is 5.91 Å². The van der Waals surface area contributed by atoms with Gasteiger partial charge in [-0.3, -0.25) is 4.79 Å². The maximum atomic E-state index is 13.6. The van der Waals surface area contributed by atoms with Gasteiger partial charge in [0, 0.05) is 24.8 Å². The topological polar surface area (TPSA) is 78.8 Å². The van der Waals surface area contributed by atoms with E-state index in [2.05, 4.69) is 5.32 Å². The molecular formula is C13H18FNO4. The van der Waals surface area contributed by atoms with E-state index in [1.165, 1.54) is 19.2 Å². The van der Waals surface area contributed by atoms with E-state index in [1.54, 1.807) is 0 Å². The van der Waals surface area contributed by atoms with E-state index in [9.17, 15) is 9.18 Å². The molecule has 1 amide bonds. The monoisotopic (exact) mass is 271 g/mol. The first-order valence-electron chi connectivity index (χ1n) is 5.92. The molecule has 0 saturated carbocycles. The second kappa shape index (κ2) is 7.83. The van der Waals surface area contributed by atoms with Crippen LogP contribution in [0.2, 0.25) is 0 Å². The van der Waals surface area contributed by atoms with Crippen LogP contribution in [0.25, 0.3) is 0 Å². The minimum atomic E-state index is -0.542. The van der Waals surface area contributed by atoms with Crippen molar-refractivity contribution in [2.45, 2.75) is 19.1 Å². The van der Waals surface area contributed by atoms with Crippen molar-refractivity contribution < 1.29 is 24.1 Å². The van der Waals surface area contributed by atoms with E-state index in [1.807, 2.05) is 0 Å². The van der Waals surface area contributed by atoms with Gasteiger partial charge in [0.05, 0.1) is 19.3 Å². The summed E-state index contributed by atoms with van der Waals surface area (Å²) in [6.45, 7) is -0.291. The zero-order valence-corrected chi connectivity index (χ0v) is 10.7. The lowest BCUT2D eigenvalue weighted by atomic mass is 10.1. The molecule has 3 N–H and O–H groups in total. The van der Waals surface area contributed by atoms with Gasteiger partial charge >= 0.3 is 0 Å². The van der Waals surface area contributed by atoms with Gasteiger partial charge in [0.1, 0.15) is 5.82 Å². The minimum Gasteiger partial charge on any atom is -0.396 e. The second-order valence-corrected chi connectivity index (χ2v) is 4.10. The third-order valence-electron chi connectivity index (χ3n) is 2.65. The minimum absolute atomic E-state index is 0.136. The van der Waals surface area contributed by atoms with E-state index in [4.69, 9.17) is 14.9 Å². The Bertz CT molecular complexity index is 425. The summed E-state index contributed by atoms with van der Waals surface area (Å²) in [7, 11) is 1.46. The number of amides is 1. The molecule has 1 aromatic carbocycles. The number of ether oxygens (including phenoxy) is 1. The summed E-state index contributed by atoms with van der Waals surface area (Å²) in [5.41, 5.74) is 0.529. The average molecular weight is 271 g/mol. The van der Waals surface area contributed by atoms with E-state index in [-0.39, 0.29) is 31.8 Å². The van der Waals surface area contributed by atoms with Gasteiger partial charge in [0.2, 0.25) is 0 Å². The molecule has 106 valence electrons. The molecule has 1 aromatic rings. The van der Waals surface area contributed by atoms with Gasteiger partial charge in [-0.1, -0.05) is 6.07 Å². The summed E-state index contributed by atoms with van der Waals surface area (Å²) in [5.74, 6) is -1.01. The number of methoxy groups -OCH3 is 1. The quantitative estimate of drug-likeness (QED) is 0.672. The molecule has 0 radical (unpaired) electrons. The number of aliphatic hydroxyl groups excluding tert-OH is 2. The number of aliphatic hydroxyl groups is 2. The highest BCUT2D eigenvalue weighted by atomic mass is 19.1. The van der Waals surface area contributed by atoms with Crippen LogP contribution in [-0.2, 0) is 11.3 Å². The SMILES string of the molecule is COCc1ccc(C(=O)N[C@H](CO)CCO)cc1F. The maximum Gasteiger partial charge on any atom is 0.251 e. The molecule has 0 fully saturated rings. The van der Waals surface area contributed by atoms with Gasteiger partial charge in [-0.25, -0.2) is 4.39 Å².